The van der Waals surface area contributed by atoms with Gasteiger partial charge in [0.25, 0.3) is 5.91 Å². The quantitative estimate of drug-likeness (QED) is 0.829. The predicted octanol–water partition coefficient (Wildman–Crippen LogP) is 4.44. The van der Waals surface area contributed by atoms with Crippen molar-refractivity contribution < 1.29 is 9.59 Å². The van der Waals surface area contributed by atoms with Gasteiger partial charge in [-0.3, -0.25) is 14.6 Å². The number of carbonyl (C=O) groups is 2. The van der Waals surface area contributed by atoms with E-state index in [1.54, 1.807) is 13.0 Å². The summed E-state index contributed by atoms with van der Waals surface area (Å²) in [4.78, 5) is 29.1. The standard InChI is InChI=1S/C22H26N2O2/c1-12(2)17-7-6-16-8-9-21(20(16)10-17)24-22(26)19-11-18(15(5)25)13(3)23-14(19)4/h6-7,10-12,21H,8-9H2,1-5H3,(H,24,26). The van der Waals surface area contributed by atoms with E-state index >= 15 is 0 Å². The molecule has 4 heteroatoms. The van der Waals surface area contributed by atoms with Crippen LogP contribution >= 0.6 is 0 Å². The molecule has 1 aromatic carbocycles. The van der Waals surface area contributed by atoms with Crippen LogP contribution in [0.3, 0.4) is 0 Å². The highest BCUT2D eigenvalue weighted by atomic mass is 16.1. The molecule has 0 aliphatic heterocycles. The molecule has 0 saturated carbocycles. The zero-order valence-corrected chi connectivity index (χ0v) is 16.1. The average Bonchev–Trinajstić information content (AvgIpc) is 2.96. The number of nitrogens with one attached hydrogen (secondary N) is 1. The van der Waals surface area contributed by atoms with Crippen molar-refractivity contribution in [3.63, 3.8) is 0 Å². The summed E-state index contributed by atoms with van der Waals surface area (Å²) in [6.07, 6.45) is 1.88. The fourth-order valence-electron chi connectivity index (χ4n) is 3.68. The van der Waals surface area contributed by atoms with E-state index in [0.717, 1.165) is 12.8 Å². The Morgan fingerprint density at radius 1 is 1.12 bits per heavy atom. The van der Waals surface area contributed by atoms with Gasteiger partial charge in [0.15, 0.2) is 5.78 Å². The molecule has 1 atom stereocenters. The minimum Gasteiger partial charge on any atom is -0.345 e. The first-order chi connectivity index (χ1) is 12.3. The van der Waals surface area contributed by atoms with Crippen LogP contribution in [0.4, 0.5) is 0 Å². The first kappa shape index (κ1) is 18.3. The van der Waals surface area contributed by atoms with Gasteiger partial charge in [-0.25, -0.2) is 0 Å². The first-order valence-electron chi connectivity index (χ1n) is 9.20. The van der Waals surface area contributed by atoms with Gasteiger partial charge in [0.2, 0.25) is 0 Å². The lowest BCUT2D eigenvalue weighted by Crippen LogP contribution is -2.28. The van der Waals surface area contributed by atoms with E-state index in [2.05, 4.69) is 42.3 Å². The molecule has 4 nitrogen and oxygen atoms in total. The summed E-state index contributed by atoms with van der Waals surface area (Å²) in [6, 6.07) is 8.27. The lowest BCUT2D eigenvalue weighted by atomic mass is 9.97. The van der Waals surface area contributed by atoms with Gasteiger partial charge in [0.1, 0.15) is 0 Å². The van der Waals surface area contributed by atoms with Gasteiger partial charge in [-0.2, -0.15) is 0 Å². The lowest BCUT2D eigenvalue weighted by molar-refractivity contribution is 0.0935. The van der Waals surface area contributed by atoms with E-state index in [0.29, 0.717) is 28.4 Å². The summed E-state index contributed by atoms with van der Waals surface area (Å²) in [5.74, 6) is 0.223. The first-order valence-corrected chi connectivity index (χ1v) is 9.20. The highest BCUT2D eigenvalue weighted by molar-refractivity contribution is 6.00. The van der Waals surface area contributed by atoms with E-state index in [4.69, 9.17) is 0 Å². The zero-order valence-electron chi connectivity index (χ0n) is 16.1. The van der Waals surface area contributed by atoms with Crippen LogP contribution in [0.1, 0.15) is 87.9 Å². The van der Waals surface area contributed by atoms with Crippen molar-refractivity contribution in [3.8, 4) is 0 Å². The third-order valence-corrected chi connectivity index (χ3v) is 5.25. The number of ketones is 1. The third-order valence-electron chi connectivity index (χ3n) is 5.25. The van der Waals surface area contributed by atoms with Gasteiger partial charge >= 0.3 is 0 Å². The third kappa shape index (κ3) is 3.41. The molecule has 1 N–H and O–H groups in total. The van der Waals surface area contributed by atoms with Gasteiger partial charge in [0.05, 0.1) is 17.3 Å². The smallest absolute Gasteiger partial charge is 0.253 e. The highest BCUT2D eigenvalue weighted by Crippen LogP contribution is 2.33. The molecule has 0 spiro atoms. The number of amides is 1. The maximum Gasteiger partial charge on any atom is 0.253 e. The SMILES string of the molecule is CC(=O)c1cc(C(=O)NC2CCc3ccc(C(C)C)cc32)c(C)nc1C. The number of benzene rings is 1. The van der Waals surface area contributed by atoms with Crippen LogP contribution in [0, 0.1) is 13.8 Å². The number of fused-ring (bicyclic) bond motifs is 1. The van der Waals surface area contributed by atoms with Crippen molar-refractivity contribution in [2.24, 2.45) is 0 Å². The van der Waals surface area contributed by atoms with E-state index in [-0.39, 0.29) is 17.7 Å². The number of hydrogen-bond donors (Lipinski definition) is 1. The maximum atomic E-state index is 12.9. The number of Topliss-reactive ketones (excluding diaryl/α,β-unsaturated/α-hetero) is 1. The topological polar surface area (TPSA) is 59.1 Å². The van der Waals surface area contributed by atoms with Crippen LogP contribution in [0.25, 0.3) is 0 Å². The minimum absolute atomic E-state index is 0.0117. The molecule has 1 aliphatic carbocycles. The van der Waals surface area contributed by atoms with E-state index < -0.39 is 0 Å². The van der Waals surface area contributed by atoms with Crippen molar-refractivity contribution in [2.75, 3.05) is 0 Å². The number of aromatic nitrogens is 1. The Morgan fingerprint density at radius 2 is 1.81 bits per heavy atom. The monoisotopic (exact) mass is 350 g/mol. The number of rotatable bonds is 4. The zero-order chi connectivity index (χ0) is 19.0. The average molecular weight is 350 g/mol. The molecule has 26 heavy (non-hydrogen) atoms. The number of aryl methyl sites for hydroxylation is 3. The van der Waals surface area contributed by atoms with Crippen LogP contribution in [-0.2, 0) is 6.42 Å². The number of nitrogens with zero attached hydrogens (tertiary/aromatic N) is 1. The predicted molar refractivity (Wildman–Crippen MR) is 103 cm³/mol. The van der Waals surface area contributed by atoms with E-state index in [1.807, 2.05) is 6.92 Å². The summed E-state index contributed by atoms with van der Waals surface area (Å²) < 4.78 is 0. The molecule has 0 saturated heterocycles. The summed E-state index contributed by atoms with van der Waals surface area (Å²) in [5, 5.41) is 3.15. The fraction of sp³-hybridized carbons (Fsp3) is 0.409. The Kier molecular flexibility index (Phi) is 4.94. The second-order valence-corrected chi connectivity index (χ2v) is 7.49. The summed E-state index contributed by atoms with van der Waals surface area (Å²) in [5.41, 5.74) is 6.12. The Hall–Kier alpha value is -2.49. The van der Waals surface area contributed by atoms with Gasteiger partial charge in [-0.05, 0) is 62.3 Å². The van der Waals surface area contributed by atoms with Crippen molar-refractivity contribution >= 4 is 11.7 Å². The van der Waals surface area contributed by atoms with Crippen LogP contribution < -0.4 is 5.32 Å². The van der Waals surface area contributed by atoms with Crippen LogP contribution in [-0.4, -0.2) is 16.7 Å². The number of pyridine rings is 1. The van der Waals surface area contributed by atoms with Gasteiger partial charge in [-0.1, -0.05) is 32.0 Å². The molecule has 2 aromatic rings. The summed E-state index contributed by atoms with van der Waals surface area (Å²) in [7, 11) is 0. The molecular formula is C22H26N2O2. The Labute approximate surface area is 155 Å². The second kappa shape index (κ2) is 7.02. The maximum absolute atomic E-state index is 12.9. The largest absolute Gasteiger partial charge is 0.345 e. The molecule has 0 bridgehead atoms. The Bertz CT molecular complexity index is 884. The number of carbonyl (C=O) groups excluding carboxylic acids is 2. The minimum atomic E-state index is -0.162. The van der Waals surface area contributed by atoms with Crippen molar-refractivity contribution in [1.82, 2.24) is 10.3 Å². The Balaban J connectivity index is 1.88. The molecule has 136 valence electrons. The Morgan fingerprint density at radius 3 is 2.46 bits per heavy atom. The number of hydrogen-bond acceptors (Lipinski definition) is 3. The second-order valence-electron chi connectivity index (χ2n) is 7.49. The van der Waals surface area contributed by atoms with E-state index in [9.17, 15) is 9.59 Å². The summed E-state index contributed by atoms with van der Waals surface area (Å²) in [6.45, 7) is 9.46. The van der Waals surface area contributed by atoms with E-state index in [1.165, 1.54) is 23.6 Å². The van der Waals surface area contributed by atoms with Gasteiger partial charge in [-0.15, -0.1) is 0 Å². The molecule has 1 unspecified atom stereocenters. The highest BCUT2D eigenvalue weighted by Gasteiger charge is 2.26. The fourth-order valence-corrected chi connectivity index (χ4v) is 3.68. The van der Waals surface area contributed by atoms with Crippen LogP contribution in [0.2, 0.25) is 0 Å². The molecule has 0 radical (unpaired) electrons. The van der Waals surface area contributed by atoms with Crippen molar-refractivity contribution in [3.05, 3.63) is 63.5 Å². The molecular weight excluding hydrogens is 324 g/mol. The van der Waals surface area contributed by atoms with Crippen LogP contribution in [0.5, 0.6) is 0 Å². The lowest BCUT2D eigenvalue weighted by Gasteiger charge is -2.17. The van der Waals surface area contributed by atoms with Gasteiger partial charge < -0.3 is 5.32 Å². The van der Waals surface area contributed by atoms with Crippen molar-refractivity contribution in [1.29, 1.82) is 0 Å². The normalized spacial score (nSPS) is 15.8. The molecule has 1 heterocycles. The molecule has 1 aromatic heterocycles. The van der Waals surface area contributed by atoms with Crippen LogP contribution in [0.15, 0.2) is 24.3 Å². The molecule has 1 amide bonds. The molecule has 1 aliphatic rings. The van der Waals surface area contributed by atoms with Gasteiger partial charge in [0, 0.05) is 11.3 Å². The van der Waals surface area contributed by atoms with Crippen molar-refractivity contribution in [2.45, 2.75) is 59.4 Å². The molecule has 0 fully saturated rings. The molecule has 3 rings (SSSR count). The summed E-state index contributed by atoms with van der Waals surface area (Å²) >= 11 is 0.